The number of rotatable bonds is 68. The van der Waals surface area contributed by atoms with Crippen LogP contribution in [0.25, 0.3) is 0 Å². The highest BCUT2D eigenvalue weighted by atomic mass is 31.2. The molecule has 0 radical (unpaired) electrons. The summed E-state index contributed by atoms with van der Waals surface area (Å²) in [5.41, 5.74) is 0. The number of unbranched alkanes of at least 4 members (excludes halogenated alkanes) is 30. The largest absolute Gasteiger partial charge is 0.472 e. The first-order valence-corrected chi connectivity index (χ1v) is 39.2. The smallest absolute Gasteiger partial charge is 0.462 e. The summed E-state index contributed by atoms with van der Waals surface area (Å²) in [7, 11) is -9.94. The Labute approximate surface area is 558 Å². The Hall–Kier alpha value is -3.50. The third-order valence-corrected chi connectivity index (χ3v) is 17.0. The summed E-state index contributed by atoms with van der Waals surface area (Å²) in [4.78, 5) is 72.6. The van der Waals surface area contributed by atoms with Crippen molar-refractivity contribution in [2.45, 2.75) is 329 Å². The van der Waals surface area contributed by atoms with Crippen LogP contribution in [0.5, 0.6) is 0 Å². The zero-order valence-electron chi connectivity index (χ0n) is 58.0. The van der Waals surface area contributed by atoms with E-state index >= 15 is 0 Å². The third kappa shape index (κ3) is 65.2. The molecular formula is C73H130O17P2. The van der Waals surface area contributed by atoms with E-state index in [2.05, 4.69) is 101 Å². The van der Waals surface area contributed by atoms with Crippen molar-refractivity contribution in [1.82, 2.24) is 0 Å². The molecule has 0 aliphatic carbocycles. The molecule has 0 saturated carbocycles. The molecule has 0 amide bonds. The lowest BCUT2D eigenvalue weighted by Gasteiger charge is -2.21. The predicted octanol–water partition coefficient (Wildman–Crippen LogP) is 20.1. The molecule has 19 heteroatoms. The molecule has 0 spiro atoms. The molecule has 5 atom stereocenters. The van der Waals surface area contributed by atoms with Gasteiger partial charge in [-0.3, -0.25) is 37.3 Å². The van der Waals surface area contributed by atoms with Crippen LogP contribution in [0.4, 0.5) is 0 Å². The number of carbonyl (C=O) groups excluding carboxylic acids is 4. The van der Waals surface area contributed by atoms with Crippen molar-refractivity contribution < 1.29 is 80.2 Å². The van der Waals surface area contributed by atoms with Gasteiger partial charge >= 0.3 is 39.5 Å². The van der Waals surface area contributed by atoms with Crippen LogP contribution in [0.15, 0.2) is 72.9 Å². The number of phosphoric acid groups is 2. The molecule has 0 aromatic heterocycles. The van der Waals surface area contributed by atoms with Crippen molar-refractivity contribution in [2.75, 3.05) is 39.6 Å². The highest BCUT2D eigenvalue weighted by molar-refractivity contribution is 7.47. The fourth-order valence-electron chi connectivity index (χ4n) is 9.51. The summed E-state index contributed by atoms with van der Waals surface area (Å²) in [5, 5.41) is 10.6. The molecule has 3 N–H and O–H groups in total. The van der Waals surface area contributed by atoms with Gasteiger partial charge in [-0.05, 0) is 122 Å². The quantitative estimate of drug-likeness (QED) is 0.0169. The zero-order valence-corrected chi connectivity index (χ0v) is 59.8. The zero-order chi connectivity index (χ0) is 67.5. The molecule has 0 aromatic rings. The Morgan fingerprint density at radius 2 is 0.565 bits per heavy atom. The van der Waals surface area contributed by atoms with Crippen LogP contribution < -0.4 is 0 Å². The van der Waals surface area contributed by atoms with Crippen LogP contribution in [0.3, 0.4) is 0 Å². The summed E-state index contributed by atoms with van der Waals surface area (Å²) < 4.78 is 68.2. The van der Waals surface area contributed by atoms with Gasteiger partial charge in [-0.1, -0.05) is 235 Å². The number of esters is 4. The van der Waals surface area contributed by atoms with E-state index in [9.17, 15) is 43.2 Å². The summed E-state index contributed by atoms with van der Waals surface area (Å²) in [6.07, 6.45) is 63.4. The first kappa shape index (κ1) is 88.5. The fraction of sp³-hybridized carbons (Fsp3) is 0.781. The minimum absolute atomic E-state index is 0.0791. The van der Waals surface area contributed by atoms with E-state index in [1.54, 1.807) is 0 Å². The average Bonchev–Trinajstić information content (AvgIpc) is 2.25. The molecule has 0 bridgehead atoms. The monoisotopic (exact) mass is 1340 g/mol. The van der Waals surface area contributed by atoms with E-state index in [0.717, 1.165) is 180 Å². The molecule has 0 saturated heterocycles. The number of hydrogen-bond acceptors (Lipinski definition) is 15. The minimum atomic E-state index is -4.97. The fourth-order valence-corrected chi connectivity index (χ4v) is 11.1. The van der Waals surface area contributed by atoms with E-state index < -0.39 is 97.5 Å². The first-order chi connectivity index (χ1) is 44.7. The molecule has 0 heterocycles. The van der Waals surface area contributed by atoms with Gasteiger partial charge in [-0.15, -0.1) is 0 Å². The van der Waals surface area contributed by atoms with Gasteiger partial charge in [0.25, 0.3) is 0 Å². The second kappa shape index (κ2) is 66.1. The van der Waals surface area contributed by atoms with Crippen molar-refractivity contribution in [3.05, 3.63) is 72.9 Å². The van der Waals surface area contributed by atoms with E-state index in [0.29, 0.717) is 25.7 Å². The van der Waals surface area contributed by atoms with Crippen molar-refractivity contribution >= 4 is 39.5 Å². The molecule has 92 heavy (non-hydrogen) atoms. The van der Waals surface area contributed by atoms with Crippen molar-refractivity contribution in [3.8, 4) is 0 Å². The van der Waals surface area contributed by atoms with Gasteiger partial charge in [-0.2, -0.15) is 0 Å². The Bertz CT molecular complexity index is 2040. The van der Waals surface area contributed by atoms with E-state index in [1.807, 2.05) is 0 Å². The molecular weight excluding hydrogens is 1210 g/mol. The van der Waals surface area contributed by atoms with Gasteiger partial charge in [-0.25, -0.2) is 9.13 Å². The normalized spacial score (nSPS) is 14.5. The van der Waals surface area contributed by atoms with Gasteiger partial charge < -0.3 is 33.8 Å². The van der Waals surface area contributed by atoms with Crippen molar-refractivity contribution in [3.63, 3.8) is 0 Å². The van der Waals surface area contributed by atoms with Crippen molar-refractivity contribution in [1.29, 1.82) is 0 Å². The highest BCUT2D eigenvalue weighted by Gasteiger charge is 2.30. The van der Waals surface area contributed by atoms with Crippen LogP contribution in [-0.4, -0.2) is 96.7 Å². The number of carbonyl (C=O) groups is 4. The summed E-state index contributed by atoms with van der Waals surface area (Å²) >= 11 is 0. The van der Waals surface area contributed by atoms with Gasteiger partial charge in [0.05, 0.1) is 26.4 Å². The van der Waals surface area contributed by atoms with E-state index in [4.69, 9.17) is 37.0 Å². The number of aliphatic hydroxyl groups excluding tert-OH is 1. The first-order valence-electron chi connectivity index (χ1n) is 36.2. The molecule has 5 unspecified atom stereocenters. The molecule has 17 nitrogen and oxygen atoms in total. The van der Waals surface area contributed by atoms with Gasteiger partial charge in [0.15, 0.2) is 12.2 Å². The number of phosphoric ester groups is 2. The van der Waals surface area contributed by atoms with Gasteiger partial charge in [0.2, 0.25) is 0 Å². The Morgan fingerprint density at radius 3 is 0.891 bits per heavy atom. The highest BCUT2D eigenvalue weighted by Crippen LogP contribution is 2.45. The Kier molecular flexibility index (Phi) is 63.6. The van der Waals surface area contributed by atoms with Gasteiger partial charge in [0.1, 0.15) is 19.3 Å². The molecule has 0 aliphatic heterocycles. The Morgan fingerprint density at radius 1 is 0.304 bits per heavy atom. The number of allylic oxidation sites excluding steroid dienone is 12. The lowest BCUT2D eigenvalue weighted by Crippen LogP contribution is -2.30. The van der Waals surface area contributed by atoms with Crippen LogP contribution in [0.1, 0.15) is 310 Å². The second-order valence-corrected chi connectivity index (χ2v) is 27.1. The lowest BCUT2D eigenvalue weighted by atomic mass is 10.1. The maximum Gasteiger partial charge on any atom is 0.472 e. The maximum absolute atomic E-state index is 13.0. The number of aliphatic hydroxyl groups is 1. The average molecular weight is 1340 g/mol. The lowest BCUT2D eigenvalue weighted by molar-refractivity contribution is -0.161. The van der Waals surface area contributed by atoms with Crippen LogP contribution in [0.2, 0.25) is 0 Å². The third-order valence-electron chi connectivity index (χ3n) is 15.1. The number of hydrogen-bond donors (Lipinski definition) is 3. The topological polar surface area (TPSA) is 237 Å². The summed E-state index contributed by atoms with van der Waals surface area (Å²) in [5.74, 6) is -2.21. The maximum atomic E-state index is 13.0. The van der Waals surface area contributed by atoms with Crippen molar-refractivity contribution in [2.24, 2.45) is 0 Å². The molecule has 534 valence electrons. The Balaban J connectivity index is 5.32. The van der Waals surface area contributed by atoms with Gasteiger partial charge in [0, 0.05) is 25.7 Å². The molecule has 0 rings (SSSR count). The molecule has 0 aromatic carbocycles. The second-order valence-electron chi connectivity index (χ2n) is 24.2. The molecule has 0 aliphatic rings. The van der Waals surface area contributed by atoms with Crippen LogP contribution in [-0.2, 0) is 65.4 Å². The van der Waals surface area contributed by atoms with Crippen LogP contribution >= 0.6 is 15.6 Å². The predicted molar refractivity (Wildman–Crippen MR) is 372 cm³/mol. The van der Waals surface area contributed by atoms with E-state index in [1.165, 1.54) is 51.4 Å². The number of ether oxygens (including phenoxy) is 4. The minimum Gasteiger partial charge on any atom is -0.462 e. The standard InChI is InChI=1S/C73H130O17P2/c1-5-9-13-17-21-25-29-32-33-36-39-42-46-50-54-58-71(76)84-64-69(90-73(78)60-56-52-48-44-40-35-31-27-23-19-15-11-7-3)66-88-92(81,82)86-62-67(74)61-85-91(79,80)87-65-68(89-72(77)59-55-51-47-43-37-28-24-20-16-12-8-4)63-83-70(75)57-53-49-45-41-38-34-30-26-22-18-14-10-6-2/h14-15,18-20,24,26-27,30-33,67-69,74H,5-13,16-17,21-23,25,28-29,34-66H2,1-4H3,(H,79,80)(H,81,82)/b18-14-,19-15-,24-20-,30-26-,31-27-,33-32-. The SMILES string of the molecule is CCC/C=C\C/C=C\CCCCCCCC(=O)OCC(COP(=O)(O)OCC(O)COP(=O)(O)OCC(COC(=O)CCCCCCC/C=C\CCCCCCCC)OC(=O)CCCCCCC/C=C\C/C=C\CCC)OC(=O)CCCCCCC/C=C\CCCC. The molecule has 0 fully saturated rings. The summed E-state index contributed by atoms with van der Waals surface area (Å²) in [6, 6.07) is 0. The van der Waals surface area contributed by atoms with E-state index in [-0.39, 0.29) is 25.7 Å². The van der Waals surface area contributed by atoms with Crippen LogP contribution in [0, 0.1) is 0 Å². The summed E-state index contributed by atoms with van der Waals surface area (Å²) in [6.45, 7) is 4.66.